The Morgan fingerprint density at radius 3 is 2.43 bits per heavy atom. The Hall–Kier alpha value is -1.73. The molecule has 7 heteroatoms. The van der Waals surface area contributed by atoms with Crippen LogP contribution in [0.5, 0.6) is 0 Å². The summed E-state index contributed by atoms with van der Waals surface area (Å²) in [5, 5.41) is 4.26. The molecule has 21 heavy (non-hydrogen) atoms. The van der Waals surface area contributed by atoms with Crippen molar-refractivity contribution < 1.29 is 12.8 Å². The van der Waals surface area contributed by atoms with Gasteiger partial charge in [-0.15, -0.1) is 0 Å². The summed E-state index contributed by atoms with van der Waals surface area (Å²) in [6.07, 6.45) is 0.712. The average molecular weight is 311 g/mol. The first kappa shape index (κ1) is 15.7. The zero-order valence-corrected chi connectivity index (χ0v) is 13.0. The molecule has 0 aliphatic heterocycles. The Bertz CT molecular complexity index is 736. The molecule has 0 amide bonds. The summed E-state index contributed by atoms with van der Waals surface area (Å²) in [5.41, 5.74) is 1.54. The Morgan fingerprint density at radius 2 is 1.86 bits per heavy atom. The number of rotatable bonds is 5. The summed E-state index contributed by atoms with van der Waals surface area (Å²) in [4.78, 5) is 0.181. The number of nitrogens with zero attached hydrogens (tertiary/aromatic N) is 2. The first-order valence-electron chi connectivity index (χ1n) is 6.68. The summed E-state index contributed by atoms with van der Waals surface area (Å²) in [6.45, 7) is 5.60. The first-order chi connectivity index (χ1) is 9.86. The molecule has 0 saturated carbocycles. The minimum absolute atomic E-state index is 0.181. The van der Waals surface area contributed by atoms with Crippen LogP contribution < -0.4 is 4.72 Å². The van der Waals surface area contributed by atoms with Crippen LogP contribution in [-0.4, -0.2) is 24.7 Å². The SMILES string of the molecule is CCCNS(=O)(=O)c1c(C)nn(-c2ccc(F)cc2)c1C. The number of aryl methyl sites for hydroxylation is 1. The number of benzene rings is 1. The van der Waals surface area contributed by atoms with Crippen LogP contribution >= 0.6 is 0 Å². The molecule has 0 saturated heterocycles. The van der Waals surface area contributed by atoms with Crippen LogP contribution in [0.2, 0.25) is 0 Å². The third-order valence-electron chi connectivity index (χ3n) is 3.11. The second-order valence-corrected chi connectivity index (χ2v) is 6.49. The number of hydrogen-bond acceptors (Lipinski definition) is 3. The van der Waals surface area contributed by atoms with Crippen molar-refractivity contribution in [1.29, 1.82) is 0 Å². The fraction of sp³-hybridized carbons (Fsp3) is 0.357. The van der Waals surface area contributed by atoms with E-state index >= 15 is 0 Å². The third kappa shape index (κ3) is 3.14. The Kier molecular flexibility index (Phi) is 4.43. The van der Waals surface area contributed by atoms with Gasteiger partial charge in [-0.1, -0.05) is 6.92 Å². The number of aromatic nitrogens is 2. The lowest BCUT2D eigenvalue weighted by Gasteiger charge is -2.07. The minimum Gasteiger partial charge on any atom is -0.236 e. The molecule has 2 aromatic rings. The lowest BCUT2D eigenvalue weighted by atomic mass is 10.3. The highest BCUT2D eigenvalue weighted by molar-refractivity contribution is 7.89. The van der Waals surface area contributed by atoms with Crippen LogP contribution in [0.15, 0.2) is 29.2 Å². The lowest BCUT2D eigenvalue weighted by Crippen LogP contribution is -2.25. The molecule has 5 nitrogen and oxygen atoms in total. The van der Waals surface area contributed by atoms with E-state index in [0.717, 1.165) is 0 Å². The van der Waals surface area contributed by atoms with Crippen molar-refractivity contribution in [1.82, 2.24) is 14.5 Å². The molecule has 0 aliphatic carbocycles. The number of hydrogen-bond donors (Lipinski definition) is 1. The molecule has 1 aromatic carbocycles. The van der Waals surface area contributed by atoms with E-state index in [0.29, 0.717) is 30.0 Å². The topological polar surface area (TPSA) is 64.0 Å². The first-order valence-corrected chi connectivity index (χ1v) is 8.17. The highest BCUT2D eigenvalue weighted by Crippen LogP contribution is 2.22. The fourth-order valence-electron chi connectivity index (χ4n) is 2.16. The van der Waals surface area contributed by atoms with E-state index in [2.05, 4.69) is 9.82 Å². The quantitative estimate of drug-likeness (QED) is 0.921. The molecule has 0 unspecified atom stereocenters. The van der Waals surface area contributed by atoms with Crippen molar-refractivity contribution >= 4 is 10.0 Å². The molecule has 1 N–H and O–H groups in total. The molecule has 0 atom stereocenters. The van der Waals surface area contributed by atoms with Gasteiger partial charge in [-0.05, 0) is 44.5 Å². The van der Waals surface area contributed by atoms with Crippen LogP contribution in [0.4, 0.5) is 4.39 Å². The van der Waals surface area contributed by atoms with E-state index in [1.807, 2.05) is 6.92 Å². The van der Waals surface area contributed by atoms with Gasteiger partial charge in [0.05, 0.1) is 17.1 Å². The van der Waals surface area contributed by atoms with Gasteiger partial charge < -0.3 is 0 Å². The zero-order valence-electron chi connectivity index (χ0n) is 12.2. The van der Waals surface area contributed by atoms with E-state index in [1.165, 1.54) is 16.8 Å². The monoisotopic (exact) mass is 311 g/mol. The van der Waals surface area contributed by atoms with Crippen LogP contribution in [0.1, 0.15) is 24.7 Å². The highest BCUT2D eigenvalue weighted by atomic mass is 32.2. The molecule has 1 aromatic heterocycles. The Labute approximate surface area is 123 Å². The minimum atomic E-state index is -3.59. The lowest BCUT2D eigenvalue weighted by molar-refractivity contribution is 0.579. The van der Waals surface area contributed by atoms with Gasteiger partial charge >= 0.3 is 0 Å². The molecule has 1 heterocycles. The summed E-state index contributed by atoms with van der Waals surface area (Å²) >= 11 is 0. The molecule has 0 aliphatic rings. The van der Waals surface area contributed by atoms with Crippen molar-refractivity contribution in [2.75, 3.05) is 6.54 Å². The molecular weight excluding hydrogens is 293 g/mol. The smallest absolute Gasteiger partial charge is 0.236 e. The van der Waals surface area contributed by atoms with Crippen LogP contribution in [-0.2, 0) is 10.0 Å². The third-order valence-corrected chi connectivity index (χ3v) is 4.82. The van der Waals surface area contributed by atoms with Gasteiger partial charge in [-0.25, -0.2) is 22.2 Å². The van der Waals surface area contributed by atoms with E-state index in [1.54, 1.807) is 26.0 Å². The number of sulfonamides is 1. The van der Waals surface area contributed by atoms with Crippen LogP contribution in [0.25, 0.3) is 5.69 Å². The summed E-state index contributed by atoms with van der Waals surface area (Å²) in [6, 6.07) is 5.75. The van der Waals surface area contributed by atoms with E-state index in [-0.39, 0.29) is 10.7 Å². The second-order valence-electron chi connectivity index (χ2n) is 4.79. The van der Waals surface area contributed by atoms with Gasteiger partial charge in [0.2, 0.25) is 10.0 Å². The van der Waals surface area contributed by atoms with E-state index in [4.69, 9.17) is 0 Å². The van der Waals surface area contributed by atoms with Gasteiger partial charge in [-0.3, -0.25) is 0 Å². The fourth-order valence-corrected chi connectivity index (χ4v) is 3.68. The Balaban J connectivity index is 2.49. The molecule has 114 valence electrons. The Morgan fingerprint density at radius 1 is 1.24 bits per heavy atom. The molecular formula is C14H18FN3O2S. The van der Waals surface area contributed by atoms with Gasteiger partial charge in [-0.2, -0.15) is 5.10 Å². The van der Waals surface area contributed by atoms with Crippen LogP contribution in [0.3, 0.4) is 0 Å². The van der Waals surface area contributed by atoms with Crippen LogP contribution in [0, 0.1) is 19.7 Å². The van der Waals surface area contributed by atoms with Crippen molar-refractivity contribution in [3.63, 3.8) is 0 Å². The highest BCUT2D eigenvalue weighted by Gasteiger charge is 2.24. The molecule has 2 rings (SSSR count). The number of nitrogens with one attached hydrogen (secondary N) is 1. The predicted octanol–water partition coefficient (Wildman–Crippen LogP) is 2.32. The average Bonchev–Trinajstić information content (AvgIpc) is 2.73. The zero-order chi connectivity index (χ0) is 15.6. The predicted molar refractivity (Wildman–Crippen MR) is 78.5 cm³/mol. The second kappa shape index (κ2) is 5.95. The van der Waals surface area contributed by atoms with Gasteiger partial charge in [0.15, 0.2) is 0 Å². The summed E-state index contributed by atoms with van der Waals surface area (Å²) in [5.74, 6) is -0.349. The maximum absolute atomic E-state index is 13.0. The summed E-state index contributed by atoms with van der Waals surface area (Å²) < 4.78 is 41.6. The standard InChI is InChI=1S/C14H18FN3O2S/c1-4-9-16-21(19,20)14-10(2)17-18(11(14)3)13-7-5-12(15)6-8-13/h5-8,16H,4,9H2,1-3H3. The van der Waals surface area contributed by atoms with Crippen molar-refractivity contribution in [2.24, 2.45) is 0 Å². The van der Waals surface area contributed by atoms with E-state index < -0.39 is 10.0 Å². The molecule has 0 fully saturated rings. The van der Waals surface area contributed by atoms with Crippen molar-refractivity contribution in [2.45, 2.75) is 32.1 Å². The molecule has 0 spiro atoms. The normalized spacial score (nSPS) is 11.8. The maximum atomic E-state index is 13.0. The molecule has 0 bridgehead atoms. The number of halogens is 1. The van der Waals surface area contributed by atoms with Gasteiger partial charge in [0.1, 0.15) is 10.7 Å². The summed E-state index contributed by atoms with van der Waals surface area (Å²) in [7, 11) is -3.59. The maximum Gasteiger partial charge on any atom is 0.244 e. The largest absolute Gasteiger partial charge is 0.244 e. The van der Waals surface area contributed by atoms with Crippen molar-refractivity contribution in [3.05, 3.63) is 41.5 Å². The van der Waals surface area contributed by atoms with Gasteiger partial charge in [0.25, 0.3) is 0 Å². The van der Waals surface area contributed by atoms with Gasteiger partial charge in [0, 0.05) is 6.54 Å². The molecule has 0 radical (unpaired) electrons. The van der Waals surface area contributed by atoms with Crippen molar-refractivity contribution in [3.8, 4) is 5.69 Å². The van der Waals surface area contributed by atoms with E-state index in [9.17, 15) is 12.8 Å².